The SMILES string of the molecule is O=C(CN(Cc1ccccc1)S(=O)(=O)c1ccccc1)NCc1ccc(F)cc1. The molecule has 1 amide bonds. The van der Waals surface area contributed by atoms with Gasteiger partial charge in [0.05, 0.1) is 11.4 Å². The molecule has 0 spiro atoms. The molecule has 3 aromatic carbocycles. The zero-order chi connectivity index (χ0) is 20.7. The summed E-state index contributed by atoms with van der Waals surface area (Å²) in [5, 5.41) is 2.69. The molecule has 3 rings (SSSR count). The van der Waals surface area contributed by atoms with Crippen molar-refractivity contribution in [2.24, 2.45) is 0 Å². The van der Waals surface area contributed by atoms with E-state index in [1.165, 1.54) is 24.3 Å². The van der Waals surface area contributed by atoms with Gasteiger partial charge in [-0.05, 0) is 35.4 Å². The fourth-order valence-corrected chi connectivity index (χ4v) is 4.18. The topological polar surface area (TPSA) is 66.5 Å². The molecule has 29 heavy (non-hydrogen) atoms. The van der Waals surface area contributed by atoms with Gasteiger partial charge in [0.1, 0.15) is 5.82 Å². The normalized spacial score (nSPS) is 11.4. The maximum absolute atomic E-state index is 13.1. The lowest BCUT2D eigenvalue weighted by Crippen LogP contribution is -2.40. The van der Waals surface area contributed by atoms with Crippen molar-refractivity contribution in [1.82, 2.24) is 9.62 Å². The first-order valence-electron chi connectivity index (χ1n) is 9.05. The van der Waals surface area contributed by atoms with Crippen LogP contribution in [0.4, 0.5) is 4.39 Å². The molecule has 5 nitrogen and oxygen atoms in total. The van der Waals surface area contributed by atoms with Gasteiger partial charge in [-0.15, -0.1) is 0 Å². The van der Waals surface area contributed by atoms with E-state index in [9.17, 15) is 17.6 Å². The lowest BCUT2D eigenvalue weighted by Gasteiger charge is -2.22. The van der Waals surface area contributed by atoms with Crippen LogP contribution in [0.5, 0.6) is 0 Å². The number of carbonyl (C=O) groups excluding carboxylic acids is 1. The van der Waals surface area contributed by atoms with E-state index in [2.05, 4.69) is 5.32 Å². The monoisotopic (exact) mass is 412 g/mol. The van der Waals surface area contributed by atoms with Crippen LogP contribution >= 0.6 is 0 Å². The number of benzene rings is 3. The Morgan fingerprint density at radius 3 is 2.03 bits per heavy atom. The summed E-state index contributed by atoms with van der Waals surface area (Å²) in [6.45, 7) is -0.0704. The molecule has 0 fully saturated rings. The molecule has 0 heterocycles. The zero-order valence-corrected chi connectivity index (χ0v) is 16.5. The van der Waals surface area contributed by atoms with Gasteiger partial charge in [0, 0.05) is 13.1 Å². The Labute approximate surface area is 169 Å². The molecule has 3 aromatic rings. The van der Waals surface area contributed by atoms with E-state index < -0.39 is 15.9 Å². The second-order valence-corrected chi connectivity index (χ2v) is 8.41. The maximum Gasteiger partial charge on any atom is 0.243 e. The number of nitrogens with zero attached hydrogens (tertiary/aromatic N) is 1. The molecule has 0 saturated heterocycles. The van der Waals surface area contributed by atoms with Crippen LogP contribution in [0.25, 0.3) is 0 Å². The number of carbonyl (C=O) groups is 1. The fourth-order valence-electron chi connectivity index (χ4n) is 2.77. The second-order valence-electron chi connectivity index (χ2n) is 6.47. The quantitative estimate of drug-likeness (QED) is 0.617. The van der Waals surface area contributed by atoms with Gasteiger partial charge in [-0.25, -0.2) is 12.8 Å². The van der Waals surface area contributed by atoms with E-state index in [1.54, 1.807) is 30.3 Å². The van der Waals surface area contributed by atoms with Gasteiger partial charge >= 0.3 is 0 Å². The van der Waals surface area contributed by atoms with Crippen molar-refractivity contribution < 1.29 is 17.6 Å². The van der Waals surface area contributed by atoms with Crippen LogP contribution in [0, 0.1) is 5.82 Å². The van der Waals surface area contributed by atoms with E-state index in [-0.39, 0.29) is 30.3 Å². The number of amides is 1. The Bertz CT molecular complexity index is 1040. The van der Waals surface area contributed by atoms with Crippen LogP contribution in [0.3, 0.4) is 0 Å². The van der Waals surface area contributed by atoms with Crippen molar-refractivity contribution in [3.05, 3.63) is 102 Å². The highest BCUT2D eigenvalue weighted by molar-refractivity contribution is 7.89. The zero-order valence-electron chi connectivity index (χ0n) is 15.7. The van der Waals surface area contributed by atoms with E-state index >= 15 is 0 Å². The van der Waals surface area contributed by atoms with Crippen molar-refractivity contribution in [2.45, 2.75) is 18.0 Å². The van der Waals surface area contributed by atoms with Crippen molar-refractivity contribution in [1.29, 1.82) is 0 Å². The average molecular weight is 412 g/mol. The summed E-state index contributed by atoms with van der Waals surface area (Å²) in [5.41, 5.74) is 1.50. The van der Waals surface area contributed by atoms with Crippen LogP contribution in [0.2, 0.25) is 0 Å². The molecule has 1 N–H and O–H groups in total. The smallest absolute Gasteiger partial charge is 0.243 e. The van der Waals surface area contributed by atoms with Gasteiger partial charge in [-0.3, -0.25) is 4.79 Å². The Morgan fingerprint density at radius 1 is 0.828 bits per heavy atom. The van der Waals surface area contributed by atoms with Crippen molar-refractivity contribution in [3.8, 4) is 0 Å². The number of hydrogen-bond donors (Lipinski definition) is 1. The molecule has 0 bridgehead atoms. The minimum absolute atomic E-state index is 0.0715. The number of nitrogens with one attached hydrogen (secondary N) is 1. The van der Waals surface area contributed by atoms with E-state index in [0.717, 1.165) is 15.4 Å². The summed E-state index contributed by atoms with van der Waals surface area (Å²) < 4.78 is 40.3. The molecule has 0 atom stereocenters. The Balaban J connectivity index is 1.75. The fraction of sp³-hybridized carbons (Fsp3) is 0.136. The van der Waals surface area contributed by atoms with Crippen molar-refractivity contribution >= 4 is 15.9 Å². The van der Waals surface area contributed by atoms with Crippen molar-refractivity contribution in [2.75, 3.05) is 6.54 Å². The molecule has 0 aliphatic carbocycles. The summed E-state index contributed by atoms with van der Waals surface area (Å²) in [6.07, 6.45) is 0. The Kier molecular flexibility index (Phi) is 6.74. The summed E-state index contributed by atoms with van der Waals surface area (Å²) in [4.78, 5) is 12.6. The lowest BCUT2D eigenvalue weighted by atomic mass is 10.2. The van der Waals surface area contributed by atoms with E-state index in [4.69, 9.17) is 0 Å². The third-order valence-electron chi connectivity index (χ3n) is 4.31. The highest BCUT2D eigenvalue weighted by atomic mass is 32.2. The average Bonchev–Trinajstić information content (AvgIpc) is 2.74. The van der Waals surface area contributed by atoms with E-state index in [0.29, 0.717) is 0 Å². The maximum atomic E-state index is 13.1. The van der Waals surface area contributed by atoms with Crippen molar-refractivity contribution in [3.63, 3.8) is 0 Å². The van der Waals surface area contributed by atoms with E-state index in [1.807, 2.05) is 30.3 Å². The third-order valence-corrected chi connectivity index (χ3v) is 6.11. The first kappa shape index (κ1) is 20.7. The summed E-state index contributed by atoms with van der Waals surface area (Å²) in [5.74, 6) is -0.798. The molecule has 0 unspecified atom stereocenters. The van der Waals surface area contributed by atoms with Gasteiger partial charge in [0.15, 0.2) is 0 Å². The van der Waals surface area contributed by atoms with Crippen LogP contribution in [0.15, 0.2) is 89.8 Å². The minimum atomic E-state index is -3.86. The van der Waals surface area contributed by atoms with Crippen LogP contribution in [-0.2, 0) is 27.9 Å². The molecule has 0 aliphatic rings. The second kappa shape index (κ2) is 9.45. The molecular weight excluding hydrogens is 391 g/mol. The number of halogens is 1. The standard InChI is InChI=1S/C22H21FN2O3S/c23-20-13-11-18(12-14-20)15-24-22(26)17-25(16-19-7-3-1-4-8-19)29(27,28)21-9-5-2-6-10-21/h1-14H,15-17H2,(H,24,26). The van der Waals surface area contributed by atoms with Crippen LogP contribution < -0.4 is 5.32 Å². The lowest BCUT2D eigenvalue weighted by molar-refractivity contribution is -0.121. The van der Waals surface area contributed by atoms with Gasteiger partial charge in [0.2, 0.25) is 15.9 Å². The van der Waals surface area contributed by atoms with Gasteiger partial charge in [-0.2, -0.15) is 4.31 Å². The highest BCUT2D eigenvalue weighted by Gasteiger charge is 2.26. The minimum Gasteiger partial charge on any atom is -0.351 e. The molecule has 7 heteroatoms. The summed E-state index contributed by atoms with van der Waals surface area (Å²) in [6, 6.07) is 22.9. The number of sulfonamides is 1. The first-order valence-corrected chi connectivity index (χ1v) is 10.5. The molecule has 0 aliphatic heterocycles. The van der Waals surface area contributed by atoms with Crippen LogP contribution in [0.1, 0.15) is 11.1 Å². The van der Waals surface area contributed by atoms with Gasteiger partial charge in [0.25, 0.3) is 0 Å². The summed E-state index contributed by atoms with van der Waals surface area (Å²) >= 11 is 0. The van der Waals surface area contributed by atoms with Gasteiger partial charge in [-0.1, -0.05) is 60.7 Å². The predicted molar refractivity (Wildman–Crippen MR) is 109 cm³/mol. The molecule has 0 aromatic heterocycles. The Hall–Kier alpha value is -3.03. The largest absolute Gasteiger partial charge is 0.351 e. The molecule has 150 valence electrons. The summed E-state index contributed by atoms with van der Waals surface area (Å²) in [7, 11) is -3.86. The van der Waals surface area contributed by atoms with Gasteiger partial charge < -0.3 is 5.32 Å². The number of rotatable bonds is 8. The third kappa shape index (κ3) is 5.73. The van der Waals surface area contributed by atoms with Crippen LogP contribution in [-0.4, -0.2) is 25.2 Å². The molecule has 0 radical (unpaired) electrons. The molecule has 0 saturated carbocycles. The first-order chi connectivity index (χ1) is 13.9. The molecular formula is C22H21FN2O3S. The highest BCUT2D eigenvalue weighted by Crippen LogP contribution is 2.18. The predicted octanol–water partition coefficient (Wildman–Crippen LogP) is 3.33. The number of hydrogen-bond acceptors (Lipinski definition) is 3. The Morgan fingerprint density at radius 2 is 1.41 bits per heavy atom.